The van der Waals surface area contributed by atoms with Crippen LogP contribution in [0.25, 0.3) is 0 Å². The molecule has 0 saturated carbocycles. The second-order valence-electron chi connectivity index (χ2n) is 5.15. The van der Waals surface area contributed by atoms with Gasteiger partial charge >= 0.3 is 0 Å². The van der Waals surface area contributed by atoms with Gasteiger partial charge in [0.25, 0.3) is 0 Å². The molecule has 0 amide bonds. The highest BCUT2D eigenvalue weighted by molar-refractivity contribution is 6.29. The van der Waals surface area contributed by atoms with E-state index in [1.807, 2.05) is 0 Å². The minimum absolute atomic E-state index is 0.116. The molecule has 4 N–H and O–H groups in total. The van der Waals surface area contributed by atoms with Crippen molar-refractivity contribution in [3.8, 4) is 0 Å². The highest BCUT2D eigenvalue weighted by Gasteiger charge is 2.31. The largest absolute Gasteiger partial charge is 0.398 e. The van der Waals surface area contributed by atoms with Crippen LogP contribution in [0, 0.1) is 0 Å². The SMILES string of the molecule is NCCCc1c(N)ccc2c1C(=O)c1ccccc1C2=O. The van der Waals surface area contributed by atoms with Gasteiger partial charge in [0.2, 0.25) is 0 Å². The average molecular weight is 280 g/mol. The van der Waals surface area contributed by atoms with Crippen molar-refractivity contribution in [2.24, 2.45) is 5.73 Å². The number of nitrogen functional groups attached to an aromatic ring is 1. The molecule has 0 spiro atoms. The average Bonchev–Trinajstić information content (AvgIpc) is 2.51. The van der Waals surface area contributed by atoms with E-state index in [-0.39, 0.29) is 11.6 Å². The van der Waals surface area contributed by atoms with Crippen LogP contribution in [0.15, 0.2) is 36.4 Å². The van der Waals surface area contributed by atoms with Gasteiger partial charge in [0.1, 0.15) is 0 Å². The molecule has 106 valence electrons. The number of hydrogen-bond donors (Lipinski definition) is 2. The molecule has 0 aromatic heterocycles. The maximum Gasteiger partial charge on any atom is 0.194 e. The molecule has 4 heteroatoms. The predicted molar refractivity (Wildman–Crippen MR) is 81.5 cm³/mol. The summed E-state index contributed by atoms with van der Waals surface area (Å²) in [6, 6.07) is 10.3. The number of fused-ring (bicyclic) bond motifs is 2. The lowest BCUT2D eigenvalue weighted by atomic mass is 9.80. The zero-order chi connectivity index (χ0) is 15.0. The third-order valence-corrected chi connectivity index (χ3v) is 3.87. The van der Waals surface area contributed by atoms with Crippen LogP contribution in [-0.4, -0.2) is 18.1 Å². The van der Waals surface area contributed by atoms with Gasteiger partial charge in [-0.15, -0.1) is 0 Å². The molecule has 3 rings (SSSR count). The molecule has 0 heterocycles. The molecule has 0 fully saturated rings. The van der Waals surface area contributed by atoms with Crippen molar-refractivity contribution in [1.82, 2.24) is 0 Å². The van der Waals surface area contributed by atoms with Gasteiger partial charge in [-0.1, -0.05) is 24.3 Å². The zero-order valence-electron chi connectivity index (χ0n) is 11.6. The maximum atomic E-state index is 12.8. The van der Waals surface area contributed by atoms with Crippen molar-refractivity contribution in [3.05, 3.63) is 64.2 Å². The van der Waals surface area contributed by atoms with E-state index in [1.165, 1.54) is 0 Å². The fraction of sp³-hybridized carbons (Fsp3) is 0.176. The first-order valence-corrected chi connectivity index (χ1v) is 6.95. The Hall–Kier alpha value is -2.46. The van der Waals surface area contributed by atoms with E-state index in [1.54, 1.807) is 36.4 Å². The zero-order valence-corrected chi connectivity index (χ0v) is 11.6. The van der Waals surface area contributed by atoms with Gasteiger partial charge in [-0.3, -0.25) is 9.59 Å². The second kappa shape index (κ2) is 5.14. The predicted octanol–water partition coefficient (Wildman–Crippen LogP) is 1.94. The summed E-state index contributed by atoms with van der Waals surface area (Å²) in [5, 5.41) is 0. The first kappa shape index (κ1) is 13.5. The molecule has 0 radical (unpaired) electrons. The van der Waals surface area contributed by atoms with Crippen molar-refractivity contribution in [1.29, 1.82) is 0 Å². The van der Waals surface area contributed by atoms with Gasteiger partial charge < -0.3 is 11.5 Å². The van der Waals surface area contributed by atoms with Crippen molar-refractivity contribution in [2.45, 2.75) is 12.8 Å². The fourth-order valence-corrected chi connectivity index (χ4v) is 2.82. The highest BCUT2D eigenvalue weighted by atomic mass is 16.1. The van der Waals surface area contributed by atoms with E-state index in [9.17, 15) is 9.59 Å². The normalized spacial score (nSPS) is 13.0. The van der Waals surface area contributed by atoms with Crippen molar-refractivity contribution >= 4 is 17.3 Å². The third kappa shape index (κ3) is 2.04. The molecular formula is C17H16N2O2. The van der Waals surface area contributed by atoms with Crippen LogP contribution in [0.4, 0.5) is 5.69 Å². The van der Waals surface area contributed by atoms with Crippen LogP contribution in [0.1, 0.15) is 43.8 Å². The van der Waals surface area contributed by atoms with Crippen molar-refractivity contribution < 1.29 is 9.59 Å². The topological polar surface area (TPSA) is 86.2 Å². The summed E-state index contributed by atoms with van der Waals surface area (Å²) < 4.78 is 0. The van der Waals surface area contributed by atoms with E-state index in [0.29, 0.717) is 40.9 Å². The lowest BCUT2D eigenvalue weighted by Gasteiger charge is -2.21. The number of anilines is 1. The summed E-state index contributed by atoms with van der Waals surface area (Å²) in [5.74, 6) is -0.242. The smallest absolute Gasteiger partial charge is 0.194 e. The monoisotopic (exact) mass is 280 g/mol. The number of nitrogens with two attached hydrogens (primary N) is 2. The summed E-state index contributed by atoms with van der Waals surface area (Å²) >= 11 is 0. The van der Waals surface area contributed by atoms with Crippen molar-refractivity contribution in [2.75, 3.05) is 12.3 Å². The molecule has 21 heavy (non-hydrogen) atoms. The number of benzene rings is 2. The maximum absolute atomic E-state index is 12.8. The van der Waals surface area contributed by atoms with Crippen LogP contribution in [-0.2, 0) is 6.42 Å². The fourth-order valence-electron chi connectivity index (χ4n) is 2.82. The summed E-state index contributed by atoms with van der Waals surface area (Å²) in [5.41, 5.74) is 14.7. The van der Waals surface area contributed by atoms with E-state index in [4.69, 9.17) is 11.5 Å². The minimum atomic E-state index is -0.125. The summed E-state index contributed by atoms with van der Waals surface area (Å²) in [6.45, 7) is 0.516. The Labute approximate surface area is 122 Å². The van der Waals surface area contributed by atoms with Crippen LogP contribution in [0.5, 0.6) is 0 Å². The molecule has 2 aromatic carbocycles. The van der Waals surface area contributed by atoms with E-state index >= 15 is 0 Å². The van der Waals surface area contributed by atoms with E-state index in [0.717, 1.165) is 12.0 Å². The van der Waals surface area contributed by atoms with Crippen LogP contribution >= 0.6 is 0 Å². The first-order valence-electron chi connectivity index (χ1n) is 6.95. The Kier molecular flexibility index (Phi) is 3.31. The Morgan fingerprint density at radius 2 is 1.52 bits per heavy atom. The number of rotatable bonds is 3. The van der Waals surface area contributed by atoms with Gasteiger partial charge in [0.15, 0.2) is 11.6 Å². The van der Waals surface area contributed by atoms with E-state index in [2.05, 4.69) is 0 Å². The Bertz CT molecular complexity index is 750. The van der Waals surface area contributed by atoms with Gasteiger partial charge in [0, 0.05) is 27.9 Å². The van der Waals surface area contributed by atoms with Gasteiger partial charge in [-0.05, 0) is 37.1 Å². The van der Waals surface area contributed by atoms with Gasteiger partial charge in [0.05, 0.1) is 0 Å². The molecular weight excluding hydrogens is 264 g/mol. The lowest BCUT2D eigenvalue weighted by molar-refractivity contribution is 0.0978. The van der Waals surface area contributed by atoms with E-state index < -0.39 is 0 Å². The lowest BCUT2D eigenvalue weighted by Crippen LogP contribution is -2.23. The molecule has 0 aliphatic heterocycles. The third-order valence-electron chi connectivity index (χ3n) is 3.87. The summed E-state index contributed by atoms with van der Waals surface area (Å²) in [6.07, 6.45) is 1.33. The number of hydrogen-bond acceptors (Lipinski definition) is 4. The Morgan fingerprint density at radius 3 is 2.19 bits per heavy atom. The van der Waals surface area contributed by atoms with Gasteiger partial charge in [-0.25, -0.2) is 0 Å². The molecule has 0 bridgehead atoms. The molecule has 4 nitrogen and oxygen atoms in total. The molecule has 2 aromatic rings. The Balaban J connectivity index is 2.23. The van der Waals surface area contributed by atoms with Crippen LogP contribution in [0.3, 0.4) is 0 Å². The summed E-state index contributed by atoms with van der Waals surface area (Å²) in [4.78, 5) is 25.3. The summed E-state index contributed by atoms with van der Waals surface area (Å²) in [7, 11) is 0. The second-order valence-corrected chi connectivity index (χ2v) is 5.15. The molecule has 0 unspecified atom stereocenters. The first-order chi connectivity index (χ1) is 10.1. The quantitative estimate of drug-likeness (QED) is 0.718. The molecule has 1 aliphatic rings. The number of carbonyl (C=O) groups is 2. The standard InChI is InChI=1S/C17H16N2O2/c18-9-3-6-12-14(19)8-7-13-15(12)17(21)11-5-2-1-4-10(11)16(13)20/h1-2,4-5,7-8H,3,6,9,18-19H2. The highest BCUT2D eigenvalue weighted by Crippen LogP contribution is 2.32. The minimum Gasteiger partial charge on any atom is -0.398 e. The molecule has 0 saturated heterocycles. The molecule has 0 atom stereocenters. The number of ketones is 2. The number of carbonyl (C=O) groups excluding carboxylic acids is 2. The Morgan fingerprint density at radius 1 is 0.857 bits per heavy atom. The van der Waals surface area contributed by atoms with Crippen LogP contribution in [0.2, 0.25) is 0 Å². The van der Waals surface area contributed by atoms with Crippen molar-refractivity contribution in [3.63, 3.8) is 0 Å². The van der Waals surface area contributed by atoms with Crippen LogP contribution < -0.4 is 11.5 Å². The van der Waals surface area contributed by atoms with Gasteiger partial charge in [-0.2, -0.15) is 0 Å². The molecule has 1 aliphatic carbocycles.